The van der Waals surface area contributed by atoms with Crippen molar-refractivity contribution in [3.63, 3.8) is 0 Å². The van der Waals surface area contributed by atoms with E-state index in [1.165, 1.54) is 36.6 Å². The Labute approximate surface area is 205 Å². The second-order valence-corrected chi connectivity index (χ2v) is 10.7. The Morgan fingerprint density at radius 2 is 1.20 bits per heavy atom. The molecule has 3 aliphatic rings. The smallest absolute Gasteiger partial charge is 0.245 e. The van der Waals surface area contributed by atoms with Gasteiger partial charge in [-0.25, -0.2) is 23.5 Å². The molecule has 2 aliphatic carbocycles. The number of rotatable bonds is 3. The molecule has 4 unspecified atom stereocenters. The maximum atomic E-state index is 13.7. The second-order valence-electron chi connectivity index (χ2n) is 9.67. The average molecular weight is 476 g/mol. The first-order chi connectivity index (χ1) is 17.2. The third kappa shape index (κ3) is 2.37. The second kappa shape index (κ2) is 6.83. The third-order valence-corrected chi connectivity index (χ3v) is 9.39. The highest BCUT2D eigenvalue weighted by atomic mass is 32.1. The Kier molecular flexibility index (Phi) is 3.79. The van der Waals surface area contributed by atoms with E-state index in [9.17, 15) is 9.59 Å². The number of benzene rings is 3. The molecule has 1 aliphatic heterocycles. The van der Waals surface area contributed by atoms with Gasteiger partial charge in [-0.3, -0.25) is 0 Å². The zero-order valence-electron chi connectivity index (χ0n) is 18.7. The first-order valence-electron chi connectivity index (χ1n) is 12.0. The molecule has 4 bridgehead atoms. The molecule has 4 atom stereocenters. The van der Waals surface area contributed by atoms with Crippen molar-refractivity contribution in [2.24, 2.45) is 0 Å². The van der Waals surface area contributed by atoms with Gasteiger partial charge < -0.3 is 0 Å². The van der Waals surface area contributed by atoms with Gasteiger partial charge in [-0.05, 0) is 40.8 Å². The molecule has 1 saturated carbocycles. The van der Waals surface area contributed by atoms with Gasteiger partial charge in [-0.15, -0.1) is 11.3 Å². The van der Waals surface area contributed by atoms with Crippen LogP contribution in [-0.4, -0.2) is 13.9 Å². The summed E-state index contributed by atoms with van der Waals surface area (Å²) in [5.74, 6) is 0.400. The van der Waals surface area contributed by atoms with Crippen LogP contribution in [0.1, 0.15) is 41.5 Å². The van der Waals surface area contributed by atoms with Gasteiger partial charge in [-0.1, -0.05) is 78.9 Å². The summed E-state index contributed by atoms with van der Waals surface area (Å²) in [4.78, 5) is 29.8. The lowest BCUT2D eigenvalue weighted by Gasteiger charge is -2.25. The van der Waals surface area contributed by atoms with Gasteiger partial charge in [0.25, 0.3) is 0 Å². The summed E-state index contributed by atoms with van der Waals surface area (Å²) in [5, 5.41) is 0. The molecule has 0 saturated heterocycles. The quantitative estimate of drug-likeness (QED) is 0.342. The summed E-state index contributed by atoms with van der Waals surface area (Å²) in [6, 6.07) is 30.4. The third-order valence-electron chi connectivity index (χ3n) is 8.07. The maximum absolute atomic E-state index is 13.7. The minimum Gasteiger partial charge on any atom is -0.245 e. The molecule has 3 heterocycles. The van der Waals surface area contributed by atoms with Crippen LogP contribution in [0.4, 0.5) is 0 Å². The van der Waals surface area contributed by atoms with Crippen molar-refractivity contribution in [1.29, 1.82) is 0 Å². The number of hydrogen-bond acceptors (Lipinski definition) is 3. The number of hydrogen-bond donors (Lipinski definition) is 0. The van der Waals surface area contributed by atoms with Gasteiger partial charge in [0, 0.05) is 21.6 Å². The lowest BCUT2D eigenvalue weighted by atomic mass is 9.86. The van der Waals surface area contributed by atoms with Crippen LogP contribution in [-0.2, 0) is 0 Å². The fraction of sp³-hybridized carbons (Fsp3) is 0.172. The molecule has 0 radical (unpaired) electrons. The Balaban J connectivity index is 1.36. The number of thiophene rings is 1. The summed E-state index contributed by atoms with van der Waals surface area (Å²) in [6.45, 7) is 0. The molecule has 0 amide bonds. The standard InChI is InChI=1S/C29H21N3O2S/c33-28-30(19-14-8-3-9-15-19)29(34)32-25-20-16-21(31(28)32)23(25)24-22(20)26(17-10-4-1-5-11-17)35-27(24)18-12-6-2-7-13-18/h1-15,20-21,23,25H,16H2. The number of nitrogens with zero attached hydrogens (tertiary/aromatic N) is 3. The Morgan fingerprint density at radius 1 is 0.657 bits per heavy atom. The van der Waals surface area contributed by atoms with E-state index < -0.39 is 0 Å². The van der Waals surface area contributed by atoms with Crippen LogP contribution in [0.2, 0.25) is 0 Å². The zero-order chi connectivity index (χ0) is 23.3. The van der Waals surface area contributed by atoms with Crippen LogP contribution in [0.5, 0.6) is 0 Å². The van der Waals surface area contributed by atoms with Crippen molar-refractivity contribution >= 4 is 11.3 Å². The maximum Gasteiger partial charge on any atom is 0.352 e. The van der Waals surface area contributed by atoms with Crippen LogP contribution < -0.4 is 11.4 Å². The molecule has 5 aromatic rings. The number of aromatic nitrogens is 3. The van der Waals surface area contributed by atoms with Crippen LogP contribution in [0.3, 0.4) is 0 Å². The summed E-state index contributed by atoms with van der Waals surface area (Å²) < 4.78 is 4.89. The van der Waals surface area contributed by atoms with E-state index in [-0.39, 0.29) is 35.3 Å². The molecule has 3 aromatic carbocycles. The van der Waals surface area contributed by atoms with E-state index in [4.69, 9.17) is 0 Å². The van der Waals surface area contributed by atoms with Crippen molar-refractivity contribution in [2.75, 3.05) is 0 Å². The van der Waals surface area contributed by atoms with Gasteiger partial charge in [-0.2, -0.15) is 0 Å². The van der Waals surface area contributed by atoms with Crippen LogP contribution in [0, 0.1) is 0 Å². The minimum atomic E-state index is -0.222. The van der Waals surface area contributed by atoms with Gasteiger partial charge in [0.05, 0.1) is 17.8 Å². The van der Waals surface area contributed by atoms with Crippen molar-refractivity contribution in [3.05, 3.63) is 123 Å². The van der Waals surface area contributed by atoms with Crippen LogP contribution in [0.25, 0.3) is 26.6 Å². The topological polar surface area (TPSA) is 48.9 Å². The van der Waals surface area contributed by atoms with Crippen LogP contribution >= 0.6 is 11.3 Å². The summed E-state index contributed by atoms with van der Waals surface area (Å²) in [6.07, 6.45) is 0.908. The summed E-state index contributed by atoms with van der Waals surface area (Å²) >= 11 is 1.86. The molecule has 0 N–H and O–H groups in total. The van der Waals surface area contributed by atoms with E-state index in [1.54, 1.807) is 9.36 Å². The molecule has 1 fully saturated rings. The van der Waals surface area contributed by atoms with E-state index in [0.717, 1.165) is 6.42 Å². The van der Waals surface area contributed by atoms with Crippen LogP contribution in [0.15, 0.2) is 101 Å². The lowest BCUT2D eigenvalue weighted by molar-refractivity contribution is 0.338. The van der Waals surface area contributed by atoms with Gasteiger partial charge in [0.2, 0.25) is 0 Å². The van der Waals surface area contributed by atoms with E-state index in [2.05, 4.69) is 48.5 Å². The monoisotopic (exact) mass is 475 g/mol. The number of para-hydroxylation sites is 1. The molecular formula is C29H21N3O2S. The molecule has 5 nitrogen and oxygen atoms in total. The Morgan fingerprint density at radius 3 is 1.83 bits per heavy atom. The first-order valence-corrected chi connectivity index (χ1v) is 12.8. The molecule has 8 rings (SSSR count). The fourth-order valence-corrected chi connectivity index (χ4v) is 8.30. The average Bonchev–Trinajstić information content (AvgIpc) is 3.68. The molecule has 6 heteroatoms. The van der Waals surface area contributed by atoms with E-state index in [0.29, 0.717) is 5.69 Å². The summed E-state index contributed by atoms with van der Waals surface area (Å²) in [7, 11) is 0. The number of fused-ring (bicyclic) bond motifs is 4. The van der Waals surface area contributed by atoms with Crippen molar-refractivity contribution in [1.82, 2.24) is 13.9 Å². The Hall–Kier alpha value is -3.90. The van der Waals surface area contributed by atoms with Crippen molar-refractivity contribution < 1.29 is 0 Å². The summed E-state index contributed by atoms with van der Waals surface area (Å²) in [5.41, 5.74) is 5.37. The minimum absolute atomic E-state index is 0.00603. The molecule has 35 heavy (non-hydrogen) atoms. The van der Waals surface area contributed by atoms with Gasteiger partial charge in [0.15, 0.2) is 0 Å². The Bertz CT molecular complexity index is 1730. The predicted molar refractivity (Wildman–Crippen MR) is 138 cm³/mol. The largest absolute Gasteiger partial charge is 0.352 e. The first kappa shape index (κ1) is 19.4. The van der Waals surface area contributed by atoms with Crippen molar-refractivity contribution in [3.8, 4) is 26.6 Å². The van der Waals surface area contributed by atoms with E-state index >= 15 is 0 Å². The zero-order valence-corrected chi connectivity index (χ0v) is 19.6. The SMILES string of the molecule is O=c1n(-c2ccccc2)c(=O)n2n1C1CC3c4c(-c5ccccc5)sc(-c5ccccc5)c4C1C32. The fourth-order valence-electron chi connectivity index (χ4n) is 6.86. The highest BCUT2D eigenvalue weighted by molar-refractivity contribution is 7.19. The van der Waals surface area contributed by atoms with E-state index in [1.807, 2.05) is 53.8 Å². The molecule has 2 aromatic heterocycles. The van der Waals surface area contributed by atoms with Gasteiger partial charge in [0.1, 0.15) is 0 Å². The molecule has 0 spiro atoms. The molecule has 170 valence electrons. The normalized spacial score (nSPS) is 23.0. The highest BCUT2D eigenvalue weighted by Crippen LogP contribution is 2.71. The van der Waals surface area contributed by atoms with Crippen molar-refractivity contribution in [2.45, 2.75) is 30.3 Å². The molecular weight excluding hydrogens is 454 g/mol. The lowest BCUT2D eigenvalue weighted by Crippen LogP contribution is -2.31. The predicted octanol–water partition coefficient (Wildman–Crippen LogP) is 5.58. The highest BCUT2D eigenvalue weighted by Gasteiger charge is 2.62. The van der Waals surface area contributed by atoms with Gasteiger partial charge >= 0.3 is 11.4 Å².